The van der Waals surface area contributed by atoms with Crippen LogP contribution < -0.4 is 0 Å². The van der Waals surface area contributed by atoms with E-state index in [9.17, 15) is 5.11 Å². The zero-order valence-electron chi connectivity index (χ0n) is 16.7. The predicted octanol–water partition coefficient (Wildman–Crippen LogP) is 4.51. The third kappa shape index (κ3) is 4.71. The monoisotopic (exact) mass is 409 g/mol. The normalized spacial score (nSPS) is 17.1. The van der Waals surface area contributed by atoms with Crippen LogP contribution in [0.15, 0.2) is 59.8 Å². The van der Waals surface area contributed by atoms with E-state index in [4.69, 9.17) is 4.74 Å². The predicted molar refractivity (Wildman–Crippen MR) is 116 cm³/mol. The molecule has 152 valence electrons. The van der Waals surface area contributed by atoms with Gasteiger partial charge in [0.1, 0.15) is 0 Å². The molecule has 0 fully saturated rings. The van der Waals surface area contributed by atoms with E-state index in [-0.39, 0.29) is 6.10 Å². The first-order valence-electron chi connectivity index (χ1n) is 10.2. The second-order valence-electron chi connectivity index (χ2n) is 7.29. The molecular formula is C23H27N3O2S. The summed E-state index contributed by atoms with van der Waals surface area (Å²) < 4.78 is 8.17. The molecular weight excluding hydrogens is 382 g/mol. The Balaban J connectivity index is 1.34. The first-order chi connectivity index (χ1) is 14.3. The Hall–Kier alpha value is -2.15. The van der Waals surface area contributed by atoms with Crippen LogP contribution in [0, 0.1) is 0 Å². The van der Waals surface area contributed by atoms with Gasteiger partial charge in [-0.05, 0) is 37.3 Å². The quantitative estimate of drug-likeness (QED) is 0.555. The van der Waals surface area contributed by atoms with E-state index in [1.54, 1.807) is 0 Å². The average molecular weight is 410 g/mol. The van der Waals surface area contributed by atoms with Crippen molar-refractivity contribution in [3.05, 3.63) is 65.7 Å². The highest BCUT2D eigenvalue weighted by Crippen LogP contribution is 2.32. The molecule has 2 aromatic carbocycles. The highest BCUT2D eigenvalue weighted by molar-refractivity contribution is 7.99. The fourth-order valence-electron chi connectivity index (χ4n) is 3.81. The number of aromatic nitrogens is 3. The van der Waals surface area contributed by atoms with E-state index in [2.05, 4.69) is 46.0 Å². The zero-order valence-corrected chi connectivity index (χ0v) is 17.5. The number of fused-ring (bicyclic) bond motifs is 1. The first kappa shape index (κ1) is 20.1. The summed E-state index contributed by atoms with van der Waals surface area (Å²) in [5.74, 6) is 1.39. The highest BCUT2D eigenvalue weighted by Gasteiger charge is 2.22. The average Bonchev–Trinajstić information content (AvgIpc) is 3.19. The van der Waals surface area contributed by atoms with Gasteiger partial charge < -0.3 is 14.4 Å². The minimum atomic E-state index is -0.545. The van der Waals surface area contributed by atoms with Crippen molar-refractivity contribution in [3.8, 4) is 11.4 Å². The van der Waals surface area contributed by atoms with Gasteiger partial charge in [-0.2, -0.15) is 0 Å². The number of hydrogen-bond donors (Lipinski definition) is 1. The first-order valence-corrected chi connectivity index (χ1v) is 11.2. The van der Waals surface area contributed by atoms with Crippen molar-refractivity contribution in [2.45, 2.75) is 50.1 Å². The number of aryl methyl sites for hydroxylation is 1. The van der Waals surface area contributed by atoms with Crippen molar-refractivity contribution in [1.29, 1.82) is 0 Å². The Bertz CT molecular complexity index is 929. The molecule has 1 aliphatic carbocycles. The van der Waals surface area contributed by atoms with Gasteiger partial charge in [0, 0.05) is 17.9 Å². The maximum atomic E-state index is 10.5. The van der Waals surface area contributed by atoms with Crippen LogP contribution >= 0.6 is 11.8 Å². The third-order valence-corrected chi connectivity index (χ3v) is 6.39. The second kappa shape index (κ2) is 9.57. The summed E-state index contributed by atoms with van der Waals surface area (Å²) in [6.45, 7) is 3.20. The van der Waals surface area contributed by atoms with Crippen LogP contribution in [-0.2, 0) is 17.7 Å². The lowest BCUT2D eigenvalue weighted by molar-refractivity contribution is -0.00961. The summed E-state index contributed by atoms with van der Waals surface area (Å²) in [7, 11) is 0. The summed E-state index contributed by atoms with van der Waals surface area (Å²) in [5.41, 5.74) is 3.70. The lowest BCUT2D eigenvalue weighted by Gasteiger charge is -2.26. The Morgan fingerprint density at radius 3 is 2.76 bits per heavy atom. The fraction of sp³-hybridized carbons (Fsp3) is 0.391. The summed E-state index contributed by atoms with van der Waals surface area (Å²) in [6.07, 6.45) is 2.81. The molecule has 6 heteroatoms. The van der Waals surface area contributed by atoms with Crippen molar-refractivity contribution < 1.29 is 9.84 Å². The molecule has 5 nitrogen and oxygen atoms in total. The Morgan fingerprint density at radius 2 is 1.93 bits per heavy atom. The Labute approximate surface area is 176 Å². The van der Waals surface area contributed by atoms with Gasteiger partial charge in [-0.15, -0.1) is 10.2 Å². The van der Waals surface area contributed by atoms with E-state index < -0.39 is 6.10 Å². The van der Waals surface area contributed by atoms with E-state index in [0.29, 0.717) is 12.4 Å². The molecule has 0 saturated heterocycles. The van der Waals surface area contributed by atoms with Gasteiger partial charge in [-0.25, -0.2) is 0 Å². The number of ether oxygens (including phenoxy) is 1. The zero-order chi connectivity index (χ0) is 20.1. The maximum Gasteiger partial charge on any atom is 0.191 e. The van der Waals surface area contributed by atoms with Crippen LogP contribution in [0.2, 0.25) is 0 Å². The van der Waals surface area contributed by atoms with Crippen LogP contribution in [0.4, 0.5) is 0 Å². The number of rotatable bonds is 8. The molecule has 1 aliphatic rings. The minimum Gasteiger partial charge on any atom is -0.390 e. The van der Waals surface area contributed by atoms with Gasteiger partial charge in [-0.1, -0.05) is 66.4 Å². The molecule has 1 heterocycles. The number of nitrogens with zero attached hydrogens (tertiary/aromatic N) is 3. The number of thioether (sulfide) groups is 1. The molecule has 4 rings (SSSR count). The summed E-state index contributed by atoms with van der Waals surface area (Å²) in [5, 5.41) is 20.0. The van der Waals surface area contributed by atoms with Gasteiger partial charge in [0.25, 0.3) is 0 Å². The number of hydrogen-bond acceptors (Lipinski definition) is 5. The minimum absolute atomic E-state index is 0.0866. The SMILES string of the molecule is CCn1c(SC[C@H](O)CO[C@H]2CCCc3ccccc32)nnc1-c1ccccc1. The highest BCUT2D eigenvalue weighted by atomic mass is 32.2. The fourth-order valence-corrected chi connectivity index (χ4v) is 4.72. The molecule has 0 unspecified atom stereocenters. The molecule has 0 bridgehead atoms. The molecule has 3 aromatic rings. The molecule has 29 heavy (non-hydrogen) atoms. The molecule has 0 aliphatic heterocycles. The van der Waals surface area contributed by atoms with Crippen molar-refractivity contribution in [1.82, 2.24) is 14.8 Å². The van der Waals surface area contributed by atoms with Gasteiger partial charge in [0.15, 0.2) is 11.0 Å². The number of benzene rings is 2. The lowest BCUT2D eigenvalue weighted by atomic mass is 9.89. The molecule has 2 atom stereocenters. The molecule has 1 N–H and O–H groups in total. The smallest absolute Gasteiger partial charge is 0.191 e. The maximum absolute atomic E-state index is 10.5. The number of aliphatic hydroxyl groups is 1. The molecule has 1 aromatic heterocycles. The van der Waals surface area contributed by atoms with Gasteiger partial charge in [-0.3, -0.25) is 0 Å². The van der Waals surface area contributed by atoms with Crippen LogP contribution in [0.5, 0.6) is 0 Å². The van der Waals surface area contributed by atoms with Gasteiger partial charge in [0.05, 0.1) is 18.8 Å². The Morgan fingerprint density at radius 1 is 1.14 bits per heavy atom. The largest absolute Gasteiger partial charge is 0.390 e. The third-order valence-electron chi connectivity index (χ3n) is 5.27. The van der Waals surface area contributed by atoms with E-state index in [1.807, 2.05) is 30.3 Å². The topological polar surface area (TPSA) is 60.2 Å². The van der Waals surface area contributed by atoms with Crippen LogP contribution in [0.3, 0.4) is 0 Å². The molecule has 0 saturated carbocycles. The van der Waals surface area contributed by atoms with Crippen LogP contribution in [0.1, 0.15) is 37.0 Å². The van der Waals surface area contributed by atoms with Crippen molar-refractivity contribution in [2.24, 2.45) is 0 Å². The van der Waals surface area contributed by atoms with E-state index in [0.717, 1.165) is 42.4 Å². The second-order valence-corrected chi connectivity index (χ2v) is 8.28. The summed E-state index contributed by atoms with van der Waals surface area (Å²) >= 11 is 1.53. The van der Waals surface area contributed by atoms with Crippen molar-refractivity contribution >= 4 is 11.8 Å². The van der Waals surface area contributed by atoms with Gasteiger partial charge in [0.2, 0.25) is 0 Å². The summed E-state index contributed by atoms with van der Waals surface area (Å²) in [4.78, 5) is 0. The Kier molecular flexibility index (Phi) is 6.64. The lowest BCUT2D eigenvalue weighted by Crippen LogP contribution is -2.22. The van der Waals surface area contributed by atoms with Crippen LogP contribution in [0.25, 0.3) is 11.4 Å². The van der Waals surface area contributed by atoms with Crippen LogP contribution in [-0.4, -0.2) is 38.3 Å². The standard InChI is InChI=1S/C23H27N3O2S/c1-2-26-22(18-10-4-3-5-11-18)24-25-23(26)29-16-19(27)15-28-21-14-8-12-17-9-6-7-13-20(17)21/h3-7,9-11,13,19,21,27H,2,8,12,14-16H2,1H3/t19-,21+/m1/s1. The van der Waals surface area contributed by atoms with Crippen molar-refractivity contribution in [3.63, 3.8) is 0 Å². The molecule has 0 spiro atoms. The van der Waals surface area contributed by atoms with Gasteiger partial charge >= 0.3 is 0 Å². The molecule has 0 radical (unpaired) electrons. The number of aliphatic hydroxyl groups excluding tert-OH is 1. The molecule has 0 amide bonds. The van der Waals surface area contributed by atoms with E-state index in [1.165, 1.54) is 22.9 Å². The summed E-state index contributed by atoms with van der Waals surface area (Å²) in [6, 6.07) is 18.5. The van der Waals surface area contributed by atoms with E-state index >= 15 is 0 Å². The van der Waals surface area contributed by atoms with Crippen molar-refractivity contribution in [2.75, 3.05) is 12.4 Å².